The molecule has 2 nitrogen and oxygen atoms in total. The van der Waals surface area contributed by atoms with Gasteiger partial charge in [0.25, 0.3) is 0 Å². The SMILES string of the molecule is Cn1nc2cccc(Cl)c2c1Cl. The highest BCUT2D eigenvalue weighted by atomic mass is 35.5. The van der Waals surface area contributed by atoms with E-state index in [1.807, 2.05) is 12.1 Å². The number of hydrogen-bond acceptors (Lipinski definition) is 1. The highest BCUT2D eigenvalue weighted by molar-refractivity contribution is 6.41. The second kappa shape index (κ2) is 2.64. The predicted molar refractivity (Wildman–Crippen MR) is 50.7 cm³/mol. The van der Waals surface area contributed by atoms with E-state index >= 15 is 0 Å². The van der Waals surface area contributed by atoms with Crippen LogP contribution < -0.4 is 0 Å². The van der Waals surface area contributed by atoms with Gasteiger partial charge in [0.1, 0.15) is 5.15 Å². The van der Waals surface area contributed by atoms with Gasteiger partial charge in [-0.2, -0.15) is 5.10 Å². The number of hydrogen-bond donors (Lipinski definition) is 0. The Morgan fingerprint density at radius 1 is 1.33 bits per heavy atom. The Morgan fingerprint density at radius 2 is 2.08 bits per heavy atom. The fourth-order valence-electron chi connectivity index (χ4n) is 1.17. The zero-order valence-corrected chi connectivity index (χ0v) is 7.89. The Morgan fingerprint density at radius 3 is 2.75 bits per heavy atom. The van der Waals surface area contributed by atoms with Crippen LogP contribution in [0, 0.1) is 0 Å². The first kappa shape index (κ1) is 7.90. The standard InChI is InChI=1S/C8H6Cl2N2/c1-12-8(10)7-5(9)3-2-4-6(7)11-12/h2-4H,1H3. The first-order valence-electron chi connectivity index (χ1n) is 3.47. The Labute approximate surface area is 79.7 Å². The largest absolute Gasteiger partial charge is 0.256 e. The van der Waals surface area contributed by atoms with Crippen LogP contribution in [-0.2, 0) is 7.05 Å². The maximum Gasteiger partial charge on any atom is 0.136 e. The van der Waals surface area contributed by atoms with E-state index in [0.29, 0.717) is 10.2 Å². The topological polar surface area (TPSA) is 17.8 Å². The molecule has 0 unspecified atom stereocenters. The van der Waals surface area contributed by atoms with Crippen molar-refractivity contribution in [1.82, 2.24) is 9.78 Å². The van der Waals surface area contributed by atoms with Crippen LogP contribution >= 0.6 is 23.2 Å². The van der Waals surface area contributed by atoms with E-state index in [1.165, 1.54) is 0 Å². The molecular weight excluding hydrogens is 195 g/mol. The number of rotatable bonds is 0. The molecule has 0 aliphatic carbocycles. The third-order valence-electron chi connectivity index (χ3n) is 1.74. The maximum absolute atomic E-state index is 5.96. The molecule has 2 rings (SSSR count). The van der Waals surface area contributed by atoms with Crippen LogP contribution in [-0.4, -0.2) is 9.78 Å². The predicted octanol–water partition coefficient (Wildman–Crippen LogP) is 2.88. The molecule has 0 amide bonds. The minimum Gasteiger partial charge on any atom is -0.256 e. The molecule has 0 radical (unpaired) electrons. The molecule has 0 bridgehead atoms. The first-order chi connectivity index (χ1) is 5.70. The normalized spacial score (nSPS) is 10.9. The number of aryl methyl sites for hydroxylation is 1. The van der Waals surface area contributed by atoms with Gasteiger partial charge >= 0.3 is 0 Å². The van der Waals surface area contributed by atoms with Gasteiger partial charge in [0.15, 0.2) is 0 Å². The van der Waals surface area contributed by atoms with E-state index in [-0.39, 0.29) is 0 Å². The molecule has 0 aliphatic rings. The summed E-state index contributed by atoms with van der Waals surface area (Å²) in [6.07, 6.45) is 0. The summed E-state index contributed by atoms with van der Waals surface area (Å²) >= 11 is 11.9. The van der Waals surface area contributed by atoms with Crippen LogP contribution in [0.1, 0.15) is 0 Å². The number of halogens is 2. The third kappa shape index (κ3) is 0.993. The van der Waals surface area contributed by atoms with E-state index in [1.54, 1.807) is 17.8 Å². The highest BCUT2D eigenvalue weighted by Gasteiger charge is 2.08. The van der Waals surface area contributed by atoms with Crippen LogP contribution in [0.4, 0.5) is 0 Å². The summed E-state index contributed by atoms with van der Waals surface area (Å²) in [6.45, 7) is 0. The summed E-state index contributed by atoms with van der Waals surface area (Å²) in [4.78, 5) is 0. The summed E-state index contributed by atoms with van der Waals surface area (Å²) in [7, 11) is 1.79. The molecule has 0 saturated heterocycles. The summed E-state index contributed by atoms with van der Waals surface area (Å²) in [5.41, 5.74) is 0.829. The van der Waals surface area contributed by atoms with E-state index < -0.39 is 0 Å². The minimum absolute atomic E-state index is 0.579. The van der Waals surface area contributed by atoms with Crippen molar-refractivity contribution in [3.8, 4) is 0 Å². The Bertz CT molecular complexity index is 434. The lowest BCUT2D eigenvalue weighted by molar-refractivity contribution is 0.780. The molecule has 1 aromatic carbocycles. The smallest absolute Gasteiger partial charge is 0.136 e. The molecular formula is C8H6Cl2N2. The molecule has 0 spiro atoms. The maximum atomic E-state index is 5.96. The first-order valence-corrected chi connectivity index (χ1v) is 4.22. The molecule has 0 atom stereocenters. The Balaban J connectivity index is 2.97. The average molecular weight is 201 g/mol. The highest BCUT2D eigenvalue weighted by Crippen LogP contribution is 2.28. The van der Waals surface area contributed by atoms with Crippen molar-refractivity contribution >= 4 is 34.1 Å². The number of benzene rings is 1. The fraction of sp³-hybridized carbons (Fsp3) is 0.125. The van der Waals surface area contributed by atoms with Crippen LogP contribution in [0.2, 0.25) is 10.2 Å². The van der Waals surface area contributed by atoms with Gasteiger partial charge in [-0.25, -0.2) is 0 Å². The summed E-state index contributed by atoms with van der Waals surface area (Å²) in [5.74, 6) is 0. The van der Waals surface area contributed by atoms with Crippen LogP contribution in [0.25, 0.3) is 10.9 Å². The second-order valence-electron chi connectivity index (χ2n) is 2.55. The molecule has 12 heavy (non-hydrogen) atoms. The fourth-order valence-corrected chi connectivity index (χ4v) is 1.71. The molecule has 1 heterocycles. The van der Waals surface area contributed by atoms with Gasteiger partial charge < -0.3 is 0 Å². The van der Waals surface area contributed by atoms with E-state index in [9.17, 15) is 0 Å². The monoisotopic (exact) mass is 200 g/mol. The van der Waals surface area contributed by atoms with Crippen LogP contribution in [0.15, 0.2) is 18.2 Å². The van der Waals surface area contributed by atoms with E-state index in [2.05, 4.69) is 5.10 Å². The number of fused-ring (bicyclic) bond motifs is 1. The van der Waals surface area contributed by atoms with Gasteiger partial charge in [0.2, 0.25) is 0 Å². The summed E-state index contributed by atoms with van der Waals surface area (Å²) in [6, 6.07) is 5.54. The third-order valence-corrected chi connectivity index (χ3v) is 2.49. The van der Waals surface area contributed by atoms with Gasteiger partial charge in [0, 0.05) is 7.05 Å². The Kier molecular flexibility index (Phi) is 1.74. The lowest BCUT2D eigenvalue weighted by Gasteiger charge is -1.91. The van der Waals surface area contributed by atoms with Gasteiger partial charge in [-0.1, -0.05) is 29.3 Å². The minimum atomic E-state index is 0.579. The van der Waals surface area contributed by atoms with Crippen molar-refractivity contribution in [2.75, 3.05) is 0 Å². The summed E-state index contributed by atoms with van der Waals surface area (Å²) in [5, 5.41) is 6.22. The van der Waals surface area contributed by atoms with E-state index in [0.717, 1.165) is 10.9 Å². The van der Waals surface area contributed by atoms with Crippen molar-refractivity contribution in [2.45, 2.75) is 0 Å². The van der Waals surface area contributed by atoms with Gasteiger partial charge in [0.05, 0.1) is 15.9 Å². The van der Waals surface area contributed by atoms with Crippen molar-refractivity contribution in [3.05, 3.63) is 28.4 Å². The van der Waals surface area contributed by atoms with Crippen molar-refractivity contribution in [2.24, 2.45) is 7.05 Å². The molecule has 62 valence electrons. The van der Waals surface area contributed by atoms with Gasteiger partial charge in [-0.15, -0.1) is 0 Å². The van der Waals surface area contributed by atoms with Gasteiger partial charge in [-0.05, 0) is 12.1 Å². The van der Waals surface area contributed by atoms with Crippen molar-refractivity contribution in [3.63, 3.8) is 0 Å². The van der Waals surface area contributed by atoms with Crippen molar-refractivity contribution < 1.29 is 0 Å². The number of nitrogens with zero attached hydrogens (tertiary/aromatic N) is 2. The zero-order valence-electron chi connectivity index (χ0n) is 6.38. The average Bonchev–Trinajstić information content (AvgIpc) is 2.29. The summed E-state index contributed by atoms with van der Waals surface area (Å²) < 4.78 is 1.61. The second-order valence-corrected chi connectivity index (χ2v) is 3.31. The molecule has 4 heteroatoms. The van der Waals surface area contributed by atoms with Crippen molar-refractivity contribution in [1.29, 1.82) is 0 Å². The quantitative estimate of drug-likeness (QED) is 0.640. The lowest BCUT2D eigenvalue weighted by Crippen LogP contribution is -1.87. The van der Waals surface area contributed by atoms with Crippen LogP contribution in [0.5, 0.6) is 0 Å². The molecule has 0 aliphatic heterocycles. The number of aromatic nitrogens is 2. The molecule has 0 N–H and O–H groups in total. The van der Waals surface area contributed by atoms with Crippen LogP contribution in [0.3, 0.4) is 0 Å². The van der Waals surface area contributed by atoms with Gasteiger partial charge in [-0.3, -0.25) is 4.68 Å². The molecule has 2 aromatic rings. The van der Waals surface area contributed by atoms with E-state index in [4.69, 9.17) is 23.2 Å². The molecule has 1 aromatic heterocycles. The molecule has 0 fully saturated rings. The lowest BCUT2D eigenvalue weighted by atomic mass is 10.3. The Hall–Kier alpha value is -0.730. The molecule has 0 saturated carbocycles. The zero-order chi connectivity index (χ0) is 8.72.